The molecule has 1 aromatic heterocycles. The summed E-state index contributed by atoms with van der Waals surface area (Å²) in [5.41, 5.74) is 2.08. The van der Waals surface area contributed by atoms with Crippen LogP contribution in [0.4, 0.5) is 0 Å². The first-order valence-corrected chi connectivity index (χ1v) is 4.70. The lowest BCUT2D eigenvalue weighted by Crippen LogP contribution is -2.40. The van der Waals surface area contributed by atoms with Crippen LogP contribution in [0.1, 0.15) is 26.5 Å². The summed E-state index contributed by atoms with van der Waals surface area (Å²) in [5.74, 6) is 0. The van der Waals surface area contributed by atoms with Crippen LogP contribution in [0.25, 0.3) is 5.70 Å². The molecule has 2 rings (SSSR count). The average molecular weight is 189 g/mol. The fourth-order valence-corrected chi connectivity index (χ4v) is 1.58. The topological polar surface area (TPSA) is 20.5 Å². The molecule has 0 amide bonds. The molecule has 3 nitrogen and oxygen atoms in total. The van der Waals surface area contributed by atoms with Crippen molar-refractivity contribution in [3.63, 3.8) is 0 Å². The number of hydrogen-bond donors (Lipinski definition) is 0. The van der Waals surface area contributed by atoms with E-state index in [-0.39, 0.29) is 5.54 Å². The van der Waals surface area contributed by atoms with E-state index < -0.39 is 0 Å². The molecule has 0 fully saturated rings. The Morgan fingerprint density at radius 1 is 1.36 bits per heavy atom. The Morgan fingerprint density at radius 2 is 2.07 bits per heavy atom. The smallest absolute Gasteiger partial charge is 0.117 e. The molecule has 0 unspecified atom stereocenters. The minimum atomic E-state index is 0.0239. The Hall–Kier alpha value is -1.51. The summed E-state index contributed by atoms with van der Waals surface area (Å²) in [6.45, 7) is 10.5. The van der Waals surface area contributed by atoms with Crippen LogP contribution in [0.2, 0.25) is 0 Å². The monoisotopic (exact) mass is 189 g/mol. The highest BCUT2D eigenvalue weighted by atomic mass is 15.4. The molecule has 14 heavy (non-hydrogen) atoms. The lowest BCUT2D eigenvalue weighted by molar-refractivity contribution is 0.328. The molecule has 1 aliphatic heterocycles. The third-order valence-corrected chi connectivity index (χ3v) is 2.33. The van der Waals surface area contributed by atoms with Crippen LogP contribution in [0.3, 0.4) is 0 Å². The van der Waals surface area contributed by atoms with Crippen molar-refractivity contribution < 1.29 is 0 Å². The van der Waals surface area contributed by atoms with Crippen molar-refractivity contribution in [1.82, 2.24) is 9.58 Å². The molecule has 0 saturated carbocycles. The van der Waals surface area contributed by atoms with Gasteiger partial charge in [-0.1, -0.05) is 6.58 Å². The standard InChI is InChI=1S/C11H15N3/c1-9-10-6-5-7-14(10)12-8-13(9)11(2,3)4/h5-8H,1H2,2-4H3. The molecule has 0 aliphatic carbocycles. The molecular weight excluding hydrogens is 174 g/mol. The Morgan fingerprint density at radius 3 is 2.71 bits per heavy atom. The molecule has 1 aromatic rings. The van der Waals surface area contributed by atoms with Gasteiger partial charge in [-0.25, -0.2) is 4.68 Å². The quantitative estimate of drug-likeness (QED) is 0.613. The highest BCUT2D eigenvalue weighted by Gasteiger charge is 2.25. The van der Waals surface area contributed by atoms with E-state index in [0.29, 0.717) is 0 Å². The summed E-state index contributed by atoms with van der Waals surface area (Å²) >= 11 is 0. The second-order valence-electron chi connectivity index (χ2n) is 4.46. The van der Waals surface area contributed by atoms with Gasteiger partial charge in [0.25, 0.3) is 0 Å². The van der Waals surface area contributed by atoms with E-state index in [1.165, 1.54) is 0 Å². The zero-order valence-electron chi connectivity index (χ0n) is 8.86. The molecule has 1 aliphatic rings. The number of hydrogen-bond acceptors (Lipinski definition) is 2. The Kier molecular flexibility index (Phi) is 1.77. The summed E-state index contributed by atoms with van der Waals surface area (Å²) in [5, 5.41) is 4.31. The largest absolute Gasteiger partial charge is 0.324 e. The highest BCUT2D eigenvalue weighted by molar-refractivity contribution is 5.77. The van der Waals surface area contributed by atoms with Crippen molar-refractivity contribution in [2.75, 3.05) is 0 Å². The molecule has 0 N–H and O–H groups in total. The summed E-state index contributed by atoms with van der Waals surface area (Å²) in [4.78, 5) is 2.09. The summed E-state index contributed by atoms with van der Waals surface area (Å²) in [6.07, 6.45) is 3.76. The van der Waals surface area contributed by atoms with Crippen molar-refractivity contribution in [2.24, 2.45) is 5.10 Å². The van der Waals surface area contributed by atoms with E-state index in [1.807, 2.05) is 29.3 Å². The van der Waals surface area contributed by atoms with Crippen LogP contribution in [-0.2, 0) is 0 Å². The summed E-state index contributed by atoms with van der Waals surface area (Å²) in [6, 6.07) is 4.00. The molecule has 3 heteroatoms. The molecule has 0 aromatic carbocycles. The van der Waals surface area contributed by atoms with Gasteiger partial charge in [-0.3, -0.25) is 0 Å². The first-order valence-electron chi connectivity index (χ1n) is 4.70. The zero-order valence-corrected chi connectivity index (χ0v) is 8.86. The van der Waals surface area contributed by atoms with Crippen molar-refractivity contribution in [3.05, 3.63) is 30.6 Å². The van der Waals surface area contributed by atoms with Gasteiger partial charge in [0.05, 0.1) is 11.4 Å². The van der Waals surface area contributed by atoms with Gasteiger partial charge < -0.3 is 4.90 Å². The van der Waals surface area contributed by atoms with Gasteiger partial charge in [0, 0.05) is 11.7 Å². The lowest BCUT2D eigenvalue weighted by atomic mass is 10.1. The molecule has 0 atom stereocenters. The van der Waals surface area contributed by atoms with Gasteiger partial charge >= 0.3 is 0 Å². The SMILES string of the molecule is C=C1c2cccn2N=CN1C(C)(C)C. The van der Waals surface area contributed by atoms with Crippen LogP contribution in [0, 0.1) is 0 Å². The van der Waals surface area contributed by atoms with Crippen LogP contribution in [0.5, 0.6) is 0 Å². The predicted molar refractivity (Wildman–Crippen MR) is 58.9 cm³/mol. The van der Waals surface area contributed by atoms with Gasteiger partial charge in [-0.05, 0) is 32.9 Å². The maximum atomic E-state index is 4.31. The Bertz CT molecular complexity index is 393. The van der Waals surface area contributed by atoms with E-state index in [4.69, 9.17) is 0 Å². The summed E-state index contributed by atoms with van der Waals surface area (Å²) < 4.78 is 1.84. The molecular formula is C11H15N3. The number of aromatic nitrogens is 1. The van der Waals surface area contributed by atoms with Gasteiger partial charge in [-0.2, -0.15) is 5.10 Å². The number of rotatable bonds is 0. The van der Waals surface area contributed by atoms with Crippen molar-refractivity contribution in [1.29, 1.82) is 0 Å². The number of fused-ring (bicyclic) bond motifs is 1. The fraction of sp³-hybridized carbons (Fsp3) is 0.364. The van der Waals surface area contributed by atoms with E-state index in [1.54, 1.807) is 0 Å². The van der Waals surface area contributed by atoms with Crippen molar-refractivity contribution in [2.45, 2.75) is 26.3 Å². The maximum Gasteiger partial charge on any atom is 0.117 e. The normalized spacial score (nSPS) is 15.9. The maximum absolute atomic E-state index is 4.31. The van der Waals surface area contributed by atoms with Gasteiger partial charge in [0.2, 0.25) is 0 Å². The second-order valence-corrected chi connectivity index (χ2v) is 4.46. The van der Waals surface area contributed by atoms with E-state index in [2.05, 4.69) is 37.4 Å². The minimum absolute atomic E-state index is 0.0239. The molecule has 2 heterocycles. The van der Waals surface area contributed by atoms with E-state index in [9.17, 15) is 0 Å². The minimum Gasteiger partial charge on any atom is -0.324 e. The zero-order chi connectivity index (χ0) is 10.3. The Balaban J connectivity index is 2.43. The number of nitrogens with zero attached hydrogens (tertiary/aromatic N) is 3. The predicted octanol–water partition coefficient (Wildman–Crippen LogP) is 2.36. The third kappa shape index (κ3) is 1.25. The van der Waals surface area contributed by atoms with Crippen LogP contribution >= 0.6 is 0 Å². The second kappa shape index (κ2) is 2.74. The Labute approximate surface area is 84.3 Å². The van der Waals surface area contributed by atoms with Crippen LogP contribution in [0.15, 0.2) is 30.0 Å². The van der Waals surface area contributed by atoms with Crippen LogP contribution in [-0.4, -0.2) is 21.5 Å². The first-order chi connectivity index (χ1) is 6.50. The molecule has 0 bridgehead atoms. The highest BCUT2D eigenvalue weighted by Crippen LogP contribution is 2.27. The van der Waals surface area contributed by atoms with E-state index in [0.717, 1.165) is 11.4 Å². The van der Waals surface area contributed by atoms with E-state index >= 15 is 0 Å². The van der Waals surface area contributed by atoms with Crippen molar-refractivity contribution >= 4 is 12.0 Å². The lowest BCUT2D eigenvalue weighted by Gasteiger charge is -2.37. The van der Waals surface area contributed by atoms with Crippen molar-refractivity contribution in [3.8, 4) is 0 Å². The summed E-state index contributed by atoms with van der Waals surface area (Å²) in [7, 11) is 0. The molecule has 0 spiro atoms. The van der Waals surface area contributed by atoms with Crippen LogP contribution < -0.4 is 0 Å². The fourth-order valence-electron chi connectivity index (χ4n) is 1.58. The average Bonchev–Trinajstić information content (AvgIpc) is 2.50. The molecule has 0 saturated heterocycles. The molecule has 74 valence electrons. The third-order valence-electron chi connectivity index (χ3n) is 2.33. The van der Waals surface area contributed by atoms with Gasteiger partial charge in [-0.15, -0.1) is 0 Å². The molecule has 0 radical (unpaired) electrons. The van der Waals surface area contributed by atoms with Gasteiger partial charge in [0.1, 0.15) is 6.34 Å². The van der Waals surface area contributed by atoms with Gasteiger partial charge in [0.15, 0.2) is 0 Å². The first kappa shape index (κ1) is 9.06.